The Morgan fingerprint density at radius 1 is 1.50 bits per heavy atom. The molecule has 0 spiro atoms. The van der Waals surface area contributed by atoms with Crippen LogP contribution in [0.2, 0.25) is 0 Å². The van der Waals surface area contributed by atoms with Crippen LogP contribution in [0.4, 0.5) is 5.69 Å². The SMILES string of the molecule is N#Cc1cc(N)c(Oc2ncc[nH]c2=O)c(I)c1. The van der Waals surface area contributed by atoms with E-state index in [0.717, 1.165) is 0 Å². The standard InChI is InChI=1S/C11H7IN4O2/c12-7-3-6(5-13)4-8(14)9(7)18-11-10(17)15-1-2-16-11/h1-4H,14H2,(H,15,17). The highest BCUT2D eigenvalue weighted by Crippen LogP contribution is 2.31. The number of nitrogens with two attached hydrogens (primary N) is 1. The third-order valence-corrected chi connectivity index (χ3v) is 2.88. The highest BCUT2D eigenvalue weighted by Gasteiger charge is 2.12. The van der Waals surface area contributed by atoms with Crippen molar-refractivity contribution in [2.75, 3.05) is 5.73 Å². The van der Waals surface area contributed by atoms with E-state index in [1.54, 1.807) is 6.07 Å². The first-order valence-corrected chi connectivity index (χ1v) is 5.90. The summed E-state index contributed by atoms with van der Waals surface area (Å²) >= 11 is 1.98. The Kier molecular flexibility index (Phi) is 3.47. The maximum atomic E-state index is 11.4. The lowest BCUT2D eigenvalue weighted by Crippen LogP contribution is -2.10. The molecule has 0 aliphatic rings. The van der Waals surface area contributed by atoms with Gasteiger partial charge in [-0.25, -0.2) is 4.98 Å². The van der Waals surface area contributed by atoms with E-state index in [9.17, 15) is 4.79 Å². The summed E-state index contributed by atoms with van der Waals surface area (Å²) in [7, 11) is 0. The van der Waals surface area contributed by atoms with Gasteiger partial charge in [0.2, 0.25) is 0 Å². The normalized spacial score (nSPS) is 9.78. The molecule has 0 aliphatic heterocycles. The number of benzene rings is 1. The molecule has 0 saturated carbocycles. The van der Waals surface area contributed by atoms with Crippen LogP contribution >= 0.6 is 22.6 Å². The number of aromatic amines is 1. The molecule has 1 aromatic heterocycles. The Labute approximate surface area is 116 Å². The van der Waals surface area contributed by atoms with Gasteiger partial charge in [-0.05, 0) is 34.7 Å². The Bertz CT molecular complexity index is 667. The molecule has 1 aromatic carbocycles. The summed E-state index contributed by atoms with van der Waals surface area (Å²) in [6, 6.07) is 5.08. The van der Waals surface area contributed by atoms with Gasteiger partial charge in [0.25, 0.3) is 5.88 Å². The minimum Gasteiger partial charge on any atom is -0.431 e. The maximum Gasteiger partial charge on any atom is 0.311 e. The fraction of sp³-hybridized carbons (Fsp3) is 0. The van der Waals surface area contributed by atoms with Crippen LogP contribution in [-0.2, 0) is 0 Å². The van der Waals surface area contributed by atoms with Crippen molar-refractivity contribution in [1.29, 1.82) is 5.26 Å². The van der Waals surface area contributed by atoms with Crippen molar-refractivity contribution in [3.63, 3.8) is 0 Å². The number of nitriles is 1. The number of hydrogen-bond donors (Lipinski definition) is 2. The molecule has 3 N–H and O–H groups in total. The summed E-state index contributed by atoms with van der Waals surface area (Å²) in [5, 5.41) is 8.79. The van der Waals surface area contributed by atoms with E-state index in [2.05, 4.69) is 9.97 Å². The molecule has 2 aromatic rings. The third-order valence-electron chi connectivity index (χ3n) is 2.08. The van der Waals surface area contributed by atoms with E-state index in [0.29, 0.717) is 14.9 Å². The van der Waals surface area contributed by atoms with Gasteiger partial charge < -0.3 is 15.5 Å². The molecular formula is C11H7IN4O2. The second-order valence-corrected chi connectivity index (χ2v) is 4.48. The topological polar surface area (TPSA) is 105 Å². The summed E-state index contributed by atoms with van der Waals surface area (Å²) in [6.07, 6.45) is 2.81. The van der Waals surface area contributed by atoms with E-state index >= 15 is 0 Å². The number of halogens is 1. The van der Waals surface area contributed by atoms with Crippen LogP contribution in [0.25, 0.3) is 0 Å². The van der Waals surface area contributed by atoms with Crippen molar-refractivity contribution in [2.45, 2.75) is 0 Å². The lowest BCUT2D eigenvalue weighted by atomic mass is 10.2. The van der Waals surface area contributed by atoms with Gasteiger partial charge in [-0.2, -0.15) is 5.26 Å². The zero-order valence-corrected chi connectivity index (χ0v) is 11.1. The molecule has 18 heavy (non-hydrogen) atoms. The molecule has 0 amide bonds. The quantitative estimate of drug-likeness (QED) is 0.630. The van der Waals surface area contributed by atoms with Gasteiger partial charge in [0.1, 0.15) is 0 Å². The number of anilines is 1. The molecular weight excluding hydrogens is 347 g/mol. The van der Waals surface area contributed by atoms with Crippen LogP contribution in [0.1, 0.15) is 5.56 Å². The number of rotatable bonds is 2. The van der Waals surface area contributed by atoms with E-state index in [4.69, 9.17) is 15.7 Å². The summed E-state index contributed by atoms with van der Waals surface area (Å²) in [5.41, 5.74) is 6.04. The van der Waals surface area contributed by atoms with Gasteiger partial charge in [0.15, 0.2) is 5.75 Å². The number of ether oxygens (including phenoxy) is 1. The fourth-order valence-corrected chi connectivity index (χ4v) is 2.05. The fourth-order valence-electron chi connectivity index (χ4n) is 1.29. The molecule has 0 saturated heterocycles. The molecule has 1 heterocycles. The van der Waals surface area contributed by atoms with Crippen molar-refractivity contribution >= 4 is 28.3 Å². The minimum atomic E-state index is -0.447. The highest BCUT2D eigenvalue weighted by atomic mass is 127. The number of nitrogens with zero attached hydrogens (tertiary/aromatic N) is 2. The molecule has 0 bridgehead atoms. The molecule has 2 rings (SSSR count). The zero-order chi connectivity index (χ0) is 13.1. The Balaban J connectivity index is 2.45. The van der Waals surface area contributed by atoms with Crippen LogP contribution in [-0.4, -0.2) is 9.97 Å². The molecule has 0 fully saturated rings. The van der Waals surface area contributed by atoms with Crippen molar-refractivity contribution in [3.05, 3.63) is 44.0 Å². The largest absolute Gasteiger partial charge is 0.431 e. The predicted octanol–water partition coefficient (Wildman–Crippen LogP) is 1.62. The van der Waals surface area contributed by atoms with Gasteiger partial charge in [0, 0.05) is 12.4 Å². The monoisotopic (exact) mass is 354 g/mol. The molecule has 0 radical (unpaired) electrons. The summed E-state index contributed by atoms with van der Waals surface area (Å²) in [6.45, 7) is 0. The number of nitrogen functional groups attached to an aromatic ring is 1. The zero-order valence-electron chi connectivity index (χ0n) is 8.98. The first-order chi connectivity index (χ1) is 8.61. The van der Waals surface area contributed by atoms with Crippen LogP contribution in [0.15, 0.2) is 29.3 Å². The van der Waals surface area contributed by atoms with Crippen LogP contribution in [0.5, 0.6) is 11.6 Å². The Hall–Kier alpha value is -2.08. The number of H-pyrrole nitrogens is 1. The Morgan fingerprint density at radius 2 is 2.28 bits per heavy atom. The van der Waals surface area contributed by atoms with Gasteiger partial charge >= 0.3 is 5.56 Å². The second kappa shape index (κ2) is 5.05. The van der Waals surface area contributed by atoms with Crippen LogP contribution < -0.4 is 16.0 Å². The van der Waals surface area contributed by atoms with E-state index in [1.807, 2.05) is 28.7 Å². The summed E-state index contributed by atoms with van der Waals surface area (Å²) < 4.78 is 6.01. The summed E-state index contributed by atoms with van der Waals surface area (Å²) in [5.74, 6) is 0.227. The van der Waals surface area contributed by atoms with Crippen molar-refractivity contribution in [1.82, 2.24) is 9.97 Å². The number of hydrogen-bond acceptors (Lipinski definition) is 5. The molecule has 0 atom stereocenters. The van der Waals surface area contributed by atoms with Crippen molar-refractivity contribution in [3.8, 4) is 17.7 Å². The van der Waals surface area contributed by atoms with Crippen molar-refractivity contribution in [2.24, 2.45) is 0 Å². The first kappa shape index (κ1) is 12.4. The van der Waals surface area contributed by atoms with Gasteiger partial charge in [-0.3, -0.25) is 4.79 Å². The molecule has 0 aliphatic carbocycles. The smallest absolute Gasteiger partial charge is 0.311 e. The lowest BCUT2D eigenvalue weighted by molar-refractivity contribution is 0.453. The van der Waals surface area contributed by atoms with E-state index in [-0.39, 0.29) is 11.6 Å². The predicted molar refractivity (Wildman–Crippen MR) is 73.2 cm³/mol. The average molecular weight is 354 g/mol. The minimum absolute atomic E-state index is 0.0909. The molecule has 7 heteroatoms. The molecule has 0 unspecified atom stereocenters. The Morgan fingerprint density at radius 3 is 2.89 bits per heavy atom. The van der Waals surface area contributed by atoms with Crippen LogP contribution in [0, 0.1) is 14.9 Å². The van der Waals surface area contributed by atoms with Gasteiger partial charge in [0.05, 0.1) is 20.9 Å². The van der Waals surface area contributed by atoms with Crippen molar-refractivity contribution < 1.29 is 4.74 Å². The number of aromatic nitrogens is 2. The van der Waals surface area contributed by atoms with E-state index in [1.165, 1.54) is 18.5 Å². The molecule has 6 nitrogen and oxygen atoms in total. The highest BCUT2D eigenvalue weighted by molar-refractivity contribution is 14.1. The van der Waals surface area contributed by atoms with Gasteiger partial charge in [-0.1, -0.05) is 0 Å². The second-order valence-electron chi connectivity index (χ2n) is 3.31. The first-order valence-electron chi connectivity index (χ1n) is 4.82. The third kappa shape index (κ3) is 2.43. The van der Waals surface area contributed by atoms with E-state index < -0.39 is 5.56 Å². The lowest BCUT2D eigenvalue weighted by Gasteiger charge is -2.09. The number of nitrogens with one attached hydrogen (secondary N) is 1. The maximum absolute atomic E-state index is 11.4. The molecule has 90 valence electrons. The summed E-state index contributed by atoms with van der Waals surface area (Å²) in [4.78, 5) is 17.7. The average Bonchev–Trinajstić information content (AvgIpc) is 2.35. The van der Waals surface area contributed by atoms with Gasteiger partial charge in [-0.15, -0.1) is 0 Å². The van der Waals surface area contributed by atoms with Crippen LogP contribution in [0.3, 0.4) is 0 Å².